The summed E-state index contributed by atoms with van der Waals surface area (Å²) in [5, 5.41) is 5.33. The number of hydrogen-bond acceptors (Lipinski definition) is 3. The Kier molecular flexibility index (Phi) is 15.5. The zero-order chi connectivity index (χ0) is 10.7. The van der Waals surface area contributed by atoms with E-state index in [0.717, 1.165) is 12.3 Å². The summed E-state index contributed by atoms with van der Waals surface area (Å²) in [6, 6.07) is 0.669. The van der Waals surface area contributed by atoms with Crippen LogP contribution in [-0.2, 0) is 0 Å². The molecule has 0 unspecified atom stereocenters. The van der Waals surface area contributed by atoms with Crippen molar-refractivity contribution in [3.8, 4) is 0 Å². The molecule has 0 aliphatic rings. The first-order chi connectivity index (χ1) is 6.22. The van der Waals surface area contributed by atoms with E-state index in [9.17, 15) is 0 Å². The van der Waals surface area contributed by atoms with E-state index in [1.54, 1.807) is 0 Å². The predicted octanol–water partition coefficient (Wildman–Crippen LogP) is 2.57. The highest BCUT2D eigenvalue weighted by Crippen LogP contribution is 2.00. The lowest BCUT2D eigenvalue weighted by molar-refractivity contribution is 0.235. The number of nitrogens with two attached hydrogens (primary N) is 1. The van der Waals surface area contributed by atoms with Crippen LogP contribution in [0.3, 0.4) is 0 Å². The van der Waals surface area contributed by atoms with Crippen molar-refractivity contribution in [2.24, 2.45) is 5.14 Å². The van der Waals surface area contributed by atoms with E-state index < -0.39 is 0 Å². The second-order valence-corrected chi connectivity index (χ2v) is 3.69. The summed E-state index contributed by atoms with van der Waals surface area (Å²) in [5.41, 5.74) is 0. The number of nitrogens with zero attached hydrogens (tertiary/aromatic N) is 1. The van der Waals surface area contributed by atoms with E-state index in [4.69, 9.17) is 5.14 Å². The summed E-state index contributed by atoms with van der Waals surface area (Å²) < 4.78 is 0. The summed E-state index contributed by atoms with van der Waals surface area (Å²) in [6.07, 6.45) is 2.67. The number of hydrogen-bond donors (Lipinski definition) is 1. The van der Waals surface area contributed by atoms with E-state index in [1.165, 1.54) is 31.3 Å². The van der Waals surface area contributed by atoms with Crippen LogP contribution in [0.5, 0.6) is 0 Å². The second kappa shape index (κ2) is 12.6. The Morgan fingerprint density at radius 2 is 1.92 bits per heavy atom. The molecule has 0 fully saturated rings. The predicted molar refractivity (Wildman–Crippen MR) is 65.4 cm³/mol. The molecule has 0 aromatic rings. The van der Waals surface area contributed by atoms with Gasteiger partial charge in [0.25, 0.3) is 0 Å². The van der Waals surface area contributed by atoms with Crippen molar-refractivity contribution in [3.05, 3.63) is 0 Å². The monoisotopic (exact) mass is 226 g/mol. The number of alkyl halides is 1. The smallest absolute Gasteiger partial charge is 0.0108 e. The molecule has 2 N–H and O–H groups in total. The Labute approximate surface area is 92.3 Å². The molecule has 0 heterocycles. The zero-order valence-corrected chi connectivity index (χ0v) is 10.8. The Balaban J connectivity index is 0. The van der Waals surface area contributed by atoms with Gasteiger partial charge in [0.05, 0.1) is 0 Å². The lowest BCUT2D eigenvalue weighted by Crippen LogP contribution is -2.31. The van der Waals surface area contributed by atoms with Crippen LogP contribution in [0.15, 0.2) is 0 Å². The molecule has 13 heavy (non-hydrogen) atoms. The minimum atomic E-state index is 0.669. The summed E-state index contributed by atoms with van der Waals surface area (Å²) in [6.45, 7) is 9.00. The van der Waals surface area contributed by atoms with Crippen molar-refractivity contribution >= 4 is 23.5 Å². The Morgan fingerprint density at radius 3 is 2.23 bits per heavy atom. The molecule has 0 aromatic carbocycles. The third kappa shape index (κ3) is 10.5. The fraction of sp³-hybridized carbons (Fsp3) is 1.00. The van der Waals surface area contributed by atoms with Crippen molar-refractivity contribution < 1.29 is 0 Å². The summed E-state index contributed by atoms with van der Waals surface area (Å²) in [4.78, 5) is 2.45. The van der Waals surface area contributed by atoms with Crippen LogP contribution < -0.4 is 5.14 Å². The van der Waals surface area contributed by atoms with Crippen LogP contribution in [0.4, 0.5) is 0 Å². The van der Waals surface area contributed by atoms with Gasteiger partial charge in [0.15, 0.2) is 0 Å². The Hall–Kier alpha value is 0.560. The Morgan fingerprint density at radius 1 is 1.38 bits per heavy atom. The molecular weight excluding hydrogens is 204 g/mol. The van der Waals surface area contributed by atoms with Gasteiger partial charge in [-0.25, -0.2) is 0 Å². The van der Waals surface area contributed by atoms with Gasteiger partial charge in [0.2, 0.25) is 0 Å². The SMILES string of the molecule is CCN(CCCSN)C(C)C.CCl. The molecule has 0 spiro atoms. The van der Waals surface area contributed by atoms with Crippen LogP contribution >= 0.6 is 23.5 Å². The number of rotatable bonds is 6. The lowest BCUT2D eigenvalue weighted by atomic mass is 10.3. The van der Waals surface area contributed by atoms with Gasteiger partial charge >= 0.3 is 0 Å². The largest absolute Gasteiger partial charge is 0.301 e. The van der Waals surface area contributed by atoms with Gasteiger partial charge in [-0.15, -0.1) is 11.6 Å². The maximum atomic E-state index is 5.33. The summed E-state index contributed by atoms with van der Waals surface area (Å²) in [5.74, 6) is 1.07. The average molecular weight is 227 g/mol. The van der Waals surface area contributed by atoms with Gasteiger partial charge in [0.1, 0.15) is 0 Å². The van der Waals surface area contributed by atoms with Crippen LogP contribution in [-0.4, -0.2) is 36.2 Å². The highest BCUT2D eigenvalue weighted by Gasteiger charge is 2.04. The average Bonchev–Trinajstić information content (AvgIpc) is 2.15. The van der Waals surface area contributed by atoms with Crippen LogP contribution in [0.2, 0.25) is 0 Å². The third-order valence-electron chi connectivity index (χ3n) is 1.84. The molecule has 0 rings (SSSR count). The maximum Gasteiger partial charge on any atom is 0.0108 e. The standard InChI is InChI=1S/C8H20N2S.CH3Cl/c1-4-10(8(2)3)6-5-7-11-9;1-2/h8H,4-7,9H2,1-3H3;1H3. The van der Waals surface area contributed by atoms with Crippen LogP contribution in [0.1, 0.15) is 27.2 Å². The highest BCUT2D eigenvalue weighted by atomic mass is 35.5. The zero-order valence-electron chi connectivity index (χ0n) is 9.22. The van der Waals surface area contributed by atoms with Crippen molar-refractivity contribution in [1.82, 2.24) is 4.90 Å². The van der Waals surface area contributed by atoms with Crippen molar-refractivity contribution in [3.63, 3.8) is 0 Å². The molecule has 0 atom stereocenters. The summed E-state index contributed by atoms with van der Waals surface area (Å²) in [7, 11) is 0. The van der Waals surface area contributed by atoms with E-state index >= 15 is 0 Å². The first-order valence-corrected chi connectivity index (χ1v) is 6.46. The molecule has 0 aromatic heterocycles. The topological polar surface area (TPSA) is 29.3 Å². The molecule has 0 saturated heterocycles. The molecule has 2 nitrogen and oxygen atoms in total. The first-order valence-electron chi connectivity index (χ1n) is 4.65. The normalized spacial score (nSPS) is 10.2. The summed E-state index contributed by atoms with van der Waals surface area (Å²) >= 11 is 6.08. The first kappa shape index (κ1) is 16.0. The van der Waals surface area contributed by atoms with E-state index in [0.29, 0.717) is 6.04 Å². The van der Waals surface area contributed by atoms with E-state index in [-0.39, 0.29) is 0 Å². The van der Waals surface area contributed by atoms with Gasteiger partial charge in [-0.3, -0.25) is 5.14 Å². The van der Waals surface area contributed by atoms with Crippen LogP contribution in [0.25, 0.3) is 0 Å². The fourth-order valence-corrected chi connectivity index (χ4v) is 1.43. The Bertz CT molecular complexity index is 91.7. The van der Waals surface area contributed by atoms with Gasteiger partial charge in [-0.2, -0.15) is 0 Å². The van der Waals surface area contributed by atoms with Gasteiger partial charge in [-0.1, -0.05) is 18.9 Å². The lowest BCUT2D eigenvalue weighted by Gasteiger charge is -2.24. The molecule has 0 aliphatic heterocycles. The molecule has 4 heteroatoms. The molecule has 0 bridgehead atoms. The van der Waals surface area contributed by atoms with Crippen LogP contribution in [0, 0.1) is 0 Å². The molecular formula is C9H23ClN2S. The molecule has 0 aliphatic carbocycles. The minimum Gasteiger partial charge on any atom is -0.301 e. The molecule has 0 saturated carbocycles. The molecule has 82 valence electrons. The second-order valence-electron chi connectivity index (χ2n) is 2.95. The fourth-order valence-electron chi connectivity index (χ4n) is 1.13. The van der Waals surface area contributed by atoms with Crippen molar-refractivity contribution in [2.45, 2.75) is 33.2 Å². The molecule has 0 amide bonds. The van der Waals surface area contributed by atoms with Crippen molar-refractivity contribution in [1.29, 1.82) is 0 Å². The van der Waals surface area contributed by atoms with E-state index in [2.05, 4.69) is 37.3 Å². The van der Waals surface area contributed by atoms with Gasteiger partial charge in [0, 0.05) is 18.2 Å². The third-order valence-corrected chi connectivity index (χ3v) is 2.37. The molecule has 0 radical (unpaired) electrons. The number of halogens is 1. The van der Waals surface area contributed by atoms with E-state index in [1.807, 2.05) is 0 Å². The maximum absolute atomic E-state index is 5.33. The van der Waals surface area contributed by atoms with Gasteiger partial charge < -0.3 is 4.90 Å². The quantitative estimate of drug-likeness (QED) is 0.429. The van der Waals surface area contributed by atoms with Crippen molar-refractivity contribution in [2.75, 3.05) is 25.2 Å². The highest BCUT2D eigenvalue weighted by molar-refractivity contribution is 7.97. The van der Waals surface area contributed by atoms with Gasteiger partial charge in [-0.05, 0) is 33.4 Å². The minimum absolute atomic E-state index is 0.669.